The van der Waals surface area contributed by atoms with Gasteiger partial charge in [0, 0.05) is 0 Å². The third-order valence-corrected chi connectivity index (χ3v) is 6.14. The maximum Gasteiger partial charge on any atom is 0.228 e. The van der Waals surface area contributed by atoms with E-state index in [1.54, 1.807) is 0 Å². The van der Waals surface area contributed by atoms with Crippen molar-refractivity contribution in [2.45, 2.75) is 44.6 Å². The fourth-order valence-electron chi connectivity index (χ4n) is 4.58. The molecule has 0 bridgehead atoms. The molecule has 1 N–H and O–H groups in total. The molecule has 2 atom stereocenters. The van der Waals surface area contributed by atoms with Gasteiger partial charge in [-0.15, -0.1) is 0 Å². The van der Waals surface area contributed by atoms with Crippen molar-refractivity contribution < 1.29 is 4.79 Å². The summed E-state index contributed by atoms with van der Waals surface area (Å²) in [6.45, 7) is 2.09. The van der Waals surface area contributed by atoms with Crippen LogP contribution in [-0.2, 0) is 4.79 Å². The number of rotatable bonds is 6. The summed E-state index contributed by atoms with van der Waals surface area (Å²) in [6.07, 6.45) is 4.71. The van der Waals surface area contributed by atoms with E-state index in [-0.39, 0.29) is 17.9 Å². The summed E-state index contributed by atoms with van der Waals surface area (Å²) in [5.74, 6) is 0.472. The van der Waals surface area contributed by atoms with E-state index < -0.39 is 0 Å². The van der Waals surface area contributed by atoms with Crippen LogP contribution >= 0.6 is 0 Å². The minimum atomic E-state index is -0.142. The van der Waals surface area contributed by atoms with Gasteiger partial charge in [0.2, 0.25) is 5.91 Å². The average Bonchev–Trinajstić information content (AvgIpc) is 3.29. The lowest BCUT2D eigenvalue weighted by Crippen LogP contribution is -2.36. The van der Waals surface area contributed by atoms with Gasteiger partial charge in [-0.25, -0.2) is 0 Å². The molecule has 1 aliphatic rings. The van der Waals surface area contributed by atoms with Crippen LogP contribution in [0.25, 0.3) is 0 Å². The lowest BCUT2D eigenvalue weighted by Gasteiger charge is -2.27. The molecular weight excluding hydrogens is 354 g/mol. The second-order valence-corrected chi connectivity index (χ2v) is 8.20. The monoisotopic (exact) mass is 383 g/mol. The highest BCUT2D eigenvalue weighted by molar-refractivity contribution is 5.84. The van der Waals surface area contributed by atoms with E-state index in [1.807, 2.05) is 36.4 Å². The quantitative estimate of drug-likeness (QED) is 0.541. The van der Waals surface area contributed by atoms with E-state index in [0.29, 0.717) is 5.92 Å². The summed E-state index contributed by atoms with van der Waals surface area (Å²) >= 11 is 0. The van der Waals surface area contributed by atoms with Gasteiger partial charge in [-0.3, -0.25) is 4.79 Å². The average molecular weight is 384 g/mol. The van der Waals surface area contributed by atoms with Crippen molar-refractivity contribution in [1.29, 1.82) is 0 Å². The first-order valence-electron chi connectivity index (χ1n) is 10.7. The number of nitrogens with one attached hydrogen (secondary N) is 1. The third kappa shape index (κ3) is 4.59. The molecule has 3 aromatic rings. The zero-order chi connectivity index (χ0) is 20.1. The molecule has 148 valence electrons. The first kappa shape index (κ1) is 19.4. The maximum atomic E-state index is 13.6. The van der Waals surface area contributed by atoms with E-state index in [9.17, 15) is 4.79 Å². The minimum absolute atomic E-state index is 0.0876. The molecule has 4 rings (SSSR count). The van der Waals surface area contributed by atoms with Crippen LogP contribution in [0.1, 0.15) is 59.9 Å². The number of carbonyl (C=O) groups excluding carboxylic acids is 1. The van der Waals surface area contributed by atoms with E-state index in [4.69, 9.17) is 0 Å². The Hall–Kier alpha value is -2.87. The van der Waals surface area contributed by atoms with Crippen molar-refractivity contribution in [3.63, 3.8) is 0 Å². The van der Waals surface area contributed by atoms with E-state index >= 15 is 0 Å². The fourth-order valence-corrected chi connectivity index (χ4v) is 4.58. The number of carbonyl (C=O) groups is 1. The molecule has 2 nitrogen and oxygen atoms in total. The number of aryl methyl sites for hydroxylation is 1. The Balaban J connectivity index is 1.66. The predicted octanol–water partition coefficient (Wildman–Crippen LogP) is 6.17. The van der Waals surface area contributed by atoms with Crippen LogP contribution in [0, 0.1) is 12.8 Å². The molecule has 0 unspecified atom stereocenters. The van der Waals surface area contributed by atoms with E-state index in [2.05, 4.69) is 60.8 Å². The molecule has 2 heteroatoms. The summed E-state index contributed by atoms with van der Waals surface area (Å²) in [5.41, 5.74) is 4.59. The van der Waals surface area contributed by atoms with Crippen LogP contribution in [-0.4, -0.2) is 5.91 Å². The largest absolute Gasteiger partial charge is 0.345 e. The Morgan fingerprint density at radius 1 is 0.759 bits per heavy atom. The molecule has 0 aromatic heterocycles. The highest BCUT2D eigenvalue weighted by Gasteiger charge is 2.33. The van der Waals surface area contributed by atoms with Crippen LogP contribution in [0.3, 0.4) is 0 Å². The van der Waals surface area contributed by atoms with Crippen LogP contribution in [0.4, 0.5) is 0 Å². The third-order valence-electron chi connectivity index (χ3n) is 6.14. The molecule has 0 radical (unpaired) electrons. The molecule has 1 aliphatic carbocycles. The number of hydrogen-bond donors (Lipinski definition) is 1. The molecule has 0 aliphatic heterocycles. The first-order chi connectivity index (χ1) is 14.2. The molecule has 0 spiro atoms. The van der Waals surface area contributed by atoms with Crippen LogP contribution in [0.15, 0.2) is 84.9 Å². The number of amides is 1. The van der Waals surface area contributed by atoms with Gasteiger partial charge in [0.25, 0.3) is 0 Å². The lowest BCUT2D eigenvalue weighted by atomic mass is 9.83. The normalized spacial score (nSPS) is 16.3. The second-order valence-electron chi connectivity index (χ2n) is 8.20. The highest BCUT2D eigenvalue weighted by atomic mass is 16.2. The van der Waals surface area contributed by atoms with Gasteiger partial charge < -0.3 is 5.32 Å². The van der Waals surface area contributed by atoms with Gasteiger partial charge in [-0.2, -0.15) is 0 Å². The second kappa shape index (κ2) is 9.09. The standard InChI is InChI=1S/C27H29NO/c1-20-16-18-24(19-17-20)26(23-14-6-3-7-15-23)28-27(29)25(22-12-8-9-13-22)21-10-4-2-5-11-21/h2-7,10-11,14-19,22,25-26H,8-9,12-13H2,1H3,(H,28,29)/t25-,26-/m1/s1. The first-order valence-corrected chi connectivity index (χ1v) is 10.7. The molecule has 0 heterocycles. The van der Waals surface area contributed by atoms with Gasteiger partial charge in [-0.05, 0) is 42.4 Å². The lowest BCUT2D eigenvalue weighted by molar-refractivity contribution is -0.124. The van der Waals surface area contributed by atoms with Gasteiger partial charge in [0.05, 0.1) is 12.0 Å². The van der Waals surface area contributed by atoms with Crippen molar-refractivity contribution in [3.8, 4) is 0 Å². The molecule has 3 aromatic carbocycles. The Labute approximate surface area is 174 Å². The summed E-state index contributed by atoms with van der Waals surface area (Å²) in [7, 11) is 0. The van der Waals surface area contributed by atoms with Crippen molar-refractivity contribution >= 4 is 5.91 Å². The van der Waals surface area contributed by atoms with E-state index in [0.717, 1.165) is 29.5 Å². The Kier molecular flexibility index (Phi) is 6.09. The van der Waals surface area contributed by atoms with E-state index in [1.165, 1.54) is 18.4 Å². The van der Waals surface area contributed by atoms with Gasteiger partial charge in [-0.1, -0.05) is 103 Å². The molecule has 29 heavy (non-hydrogen) atoms. The van der Waals surface area contributed by atoms with Crippen molar-refractivity contribution in [1.82, 2.24) is 5.32 Å². The predicted molar refractivity (Wildman–Crippen MR) is 119 cm³/mol. The zero-order valence-corrected chi connectivity index (χ0v) is 17.1. The Morgan fingerprint density at radius 2 is 1.28 bits per heavy atom. The zero-order valence-electron chi connectivity index (χ0n) is 17.1. The summed E-state index contributed by atoms with van der Waals surface area (Å²) in [5, 5.41) is 3.41. The topological polar surface area (TPSA) is 29.1 Å². The molecule has 1 amide bonds. The molecule has 1 saturated carbocycles. The minimum Gasteiger partial charge on any atom is -0.345 e. The van der Waals surface area contributed by atoms with Gasteiger partial charge in [0.15, 0.2) is 0 Å². The maximum absolute atomic E-state index is 13.6. The molecule has 1 fully saturated rings. The van der Waals surface area contributed by atoms with Crippen molar-refractivity contribution in [2.75, 3.05) is 0 Å². The molecule has 0 saturated heterocycles. The molecular formula is C27H29NO. The summed E-state index contributed by atoms with van der Waals surface area (Å²) in [4.78, 5) is 13.6. The summed E-state index contributed by atoms with van der Waals surface area (Å²) < 4.78 is 0. The summed E-state index contributed by atoms with van der Waals surface area (Å²) in [6, 6.07) is 28.9. The van der Waals surface area contributed by atoms with Crippen LogP contribution in [0.5, 0.6) is 0 Å². The van der Waals surface area contributed by atoms with Crippen LogP contribution < -0.4 is 5.32 Å². The SMILES string of the molecule is Cc1ccc([C@H](NC(=O)[C@H](c2ccccc2)C2CCCC2)c2ccccc2)cc1. The smallest absolute Gasteiger partial charge is 0.228 e. The van der Waals surface area contributed by atoms with Crippen LogP contribution in [0.2, 0.25) is 0 Å². The highest BCUT2D eigenvalue weighted by Crippen LogP contribution is 2.38. The Morgan fingerprint density at radius 3 is 1.86 bits per heavy atom. The Bertz CT molecular complexity index is 912. The number of hydrogen-bond acceptors (Lipinski definition) is 1. The fraction of sp³-hybridized carbons (Fsp3) is 0.296. The van der Waals surface area contributed by atoms with Crippen molar-refractivity contribution in [2.24, 2.45) is 5.92 Å². The van der Waals surface area contributed by atoms with Crippen molar-refractivity contribution in [3.05, 3.63) is 107 Å². The number of benzene rings is 3. The van der Waals surface area contributed by atoms with Gasteiger partial charge >= 0.3 is 0 Å². The van der Waals surface area contributed by atoms with Gasteiger partial charge in [0.1, 0.15) is 0 Å².